The normalized spacial score (nSPS) is 12.3. The van der Waals surface area contributed by atoms with Crippen molar-refractivity contribution >= 4 is 17.8 Å². The minimum absolute atomic E-state index is 0.0467. The number of hydrogen-bond donors (Lipinski definition) is 3. The lowest BCUT2D eigenvalue weighted by molar-refractivity contribution is -0.139. The molecule has 6 heteroatoms. The topological polar surface area (TPSA) is 95.5 Å². The zero-order valence-corrected chi connectivity index (χ0v) is 15.4. The molecule has 0 aliphatic carbocycles. The van der Waals surface area contributed by atoms with Crippen LogP contribution in [-0.4, -0.2) is 28.9 Å². The van der Waals surface area contributed by atoms with E-state index in [1.54, 1.807) is 24.3 Å². The van der Waals surface area contributed by atoms with Crippen LogP contribution >= 0.6 is 0 Å². The second-order valence-electron chi connectivity index (χ2n) is 7.14. The van der Waals surface area contributed by atoms with Gasteiger partial charge in [-0.2, -0.15) is 0 Å². The quantitative estimate of drug-likeness (QED) is 0.673. The van der Waals surface area contributed by atoms with E-state index in [0.717, 1.165) is 18.4 Å². The van der Waals surface area contributed by atoms with Gasteiger partial charge in [-0.15, -0.1) is 0 Å². The number of carbonyl (C=O) groups is 3. The van der Waals surface area contributed by atoms with E-state index in [9.17, 15) is 19.5 Å². The average molecular weight is 348 g/mol. The van der Waals surface area contributed by atoms with Crippen LogP contribution < -0.4 is 10.6 Å². The minimum Gasteiger partial charge on any atom is -0.480 e. The molecule has 25 heavy (non-hydrogen) atoms. The molecule has 1 aromatic rings. The second kappa shape index (κ2) is 9.20. The fourth-order valence-electron chi connectivity index (χ4n) is 2.13. The number of nitrogens with one attached hydrogen (secondary N) is 2. The van der Waals surface area contributed by atoms with Crippen LogP contribution in [0.2, 0.25) is 0 Å². The molecule has 0 saturated carbocycles. The molecule has 2 amide bonds. The predicted molar refractivity (Wildman–Crippen MR) is 96.2 cm³/mol. The fourth-order valence-corrected chi connectivity index (χ4v) is 2.13. The van der Waals surface area contributed by atoms with Crippen molar-refractivity contribution in [3.05, 3.63) is 35.4 Å². The first kappa shape index (κ1) is 20.7. The van der Waals surface area contributed by atoms with Gasteiger partial charge in [0.15, 0.2) is 0 Å². The highest BCUT2D eigenvalue weighted by Crippen LogP contribution is 2.13. The molecule has 138 valence electrons. The first-order chi connectivity index (χ1) is 11.6. The van der Waals surface area contributed by atoms with Crippen molar-refractivity contribution in [1.29, 1.82) is 0 Å². The van der Waals surface area contributed by atoms with E-state index in [0.29, 0.717) is 18.5 Å². The van der Waals surface area contributed by atoms with Crippen molar-refractivity contribution in [3.8, 4) is 0 Å². The van der Waals surface area contributed by atoms with Crippen LogP contribution in [0.1, 0.15) is 62.9 Å². The zero-order chi connectivity index (χ0) is 19.0. The van der Waals surface area contributed by atoms with Crippen molar-refractivity contribution in [2.45, 2.75) is 59.5 Å². The summed E-state index contributed by atoms with van der Waals surface area (Å²) in [7, 11) is 0. The number of carboxylic acid groups (broad SMARTS) is 1. The number of amides is 2. The summed E-state index contributed by atoms with van der Waals surface area (Å²) in [6.45, 7) is 7.87. The third-order valence-corrected chi connectivity index (χ3v) is 3.80. The number of rotatable bonds is 8. The molecule has 1 aromatic carbocycles. The van der Waals surface area contributed by atoms with Crippen molar-refractivity contribution in [2.24, 2.45) is 5.41 Å². The van der Waals surface area contributed by atoms with Crippen LogP contribution in [-0.2, 0) is 16.1 Å². The molecule has 0 heterocycles. The van der Waals surface area contributed by atoms with Crippen LogP contribution in [0.4, 0.5) is 0 Å². The zero-order valence-electron chi connectivity index (χ0n) is 15.4. The van der Waals surface area contributed by atoms with Gasteiger partial charge in [-0.05, 0) is 24.1 Å². The van der Waals surface area contributed by atoms with E-state index < -0.39 is 23.3 Å². The van der Waals surface area contributed by atoms with Crippen LogP contribution in [0.3, 0.4) is 0 Å². The number of benzene rings is 1. The summed E-state index contributed by atoms with van der Waals surface area (Å²) >= 11 is 0. The summed E-state index contributed by atoms with van der Waals surface area (Å²) in [6, 6.07) is 5.89. The Kier molecular flexibility index (Phi) is 7.61. The molecular weight excluding hydrogens is 320 g/mol. The van der Waals surface area contributed by atoms with E-state index in [4.69, 9.17) is 0 Å². The third kappa shape index (κ3) is 6.95. The van der Waals surface area contributed by atoms with Crippen LogP contribution in [0.25, 0.3) is 0 Å². The highest BCUT2D eigenvalue weighted by Gasteiger charge is 2.21. The summed E-state index contributed by atoms with van der Waals surface area (Å²) in [6.07, 6.45) is 2.02. The van der Waals surface area contributed by atoms with Gasteiger partial charge in [0.05, 0.1) is 0 Å². The maximum Gasteiger partial charge on any atom is 0.326 e. The molecule has 0 spiro atoms. The Morgan fingerprint density at radius 2 is 1.72 bits per heavy atom. The molecule has 6 nitrogen and oxygen atoms in total. The van der Waals surface area contributed by atoms with E-state index in [1.807, 2.05) is 27.7 Å². The van der Waals surface area contributed by atoms with Crippen LogP contribution in [0.5, 0.6) is 0 Å². The van der Waals surface area contributed by atoms with E-state index in [1.165, 1.54) is 0 Å². The summed E-state index contributed by atoms with van der Waals surface area (Å²) in [5.74, 6) is -1.48. The van der Waals surface area contributed by atoms with Gasteiger partial charge in [-0.1, -0.05) is 52.7 Å². The van der Waals surface area contributed by atoms with E-state index >= 15 is 0 Å². The van der Waals surface area contributed by atoms with Gasteiger partial charge in [0.2, 0.25) is 5.91 Å². The number of carbonyl (C=O) groups excluding carboxylic acids is 2. The minimum atomic E-state index is -1.02. The molecule has 0 unspecified atom stereocenters. The molecule has 3 N–H and O–H groups in total. The van der Waals surface area contributed by atoms with E-state index in [2.05, 4.69) is 10.6 Å². The third-order valence-electron chi connectivity index (χ3n) is 3.80. The molecule has 0 fully saturated rings. The molecule has 0 saturated heterocycles. The van der Waals surface area contributed by atoms with Crippen molar-refractivity contribution in [2.75, 3.05) is 0 Å². The van der Waals surface area contributed by atoms with Gasteiger partial charge in [-0.3, -0.25) is 9.59 Å². The fraction of sp³-hybridized carbons (Fsp3) is 0.526. The van der Waals surface area contributed by atoms with Crippen molar-refractivity contribution in [1.82, 2.24) is 10.6 Å². The van der Waals surface area contributed by atoms with Crippen molar-refractivity contribution < 1.29 is 19.5 Å². The Morgan fingerprint density at radius 3 is 2.20 bits per heavy atom. The molecule has 1 rings (SSSR count). The summed E-state index contributed by atoms with van der Waals surface area (Å²) < 4.78 is 0. The molecule has 0 radical (unpaired) electrons. The van der Waals surface area contributed by atoms with Crippen LogP contribution in [0, 0.1) is 5.41 Å². The maximum atomic E-state index is 12.2. The lowest BCUT2D eigenvalue weighted by Crippen LogP contribution is -2.40. The Morgan fingerprint density at radius 1 is 1.12 bits per heavy atom. The molecular formula is C19H28N2O4. The SMILES string of the molecule is CCCC[C@H](NC(=O)c1ccc(CNC(=O)C(C)(C)C)cc1)C(=O)O. The highest BCUT2D eigenvalue weighted by atomic mass is 16.4. The Bertz CT molecular complexity index is 603. The number of unbranched alkanes of at least 4 members (excludes halogenated alkanes) is 1. The summed E-state index contributed by atoms with van der Waals surface area (Å²) in [5, 5.41) is 14.6. The van der Waals surface area contributed by atoms with Gasteiger partial charge in [0, 0.05) is 17.5 Å². The van der Waals surface area contributed by atoms with E-state index in [-0.39, 0.29) is 5.91 Å². The summed E-state index contributed by atoms with van der Waals surface area (Å²) in [4.78, 5) is 35.2. The monoisotopic (exact) mass is 348 g/mol. The predicted octanol–water partition coefficient (Wildman–Crippen LogP) is 2.72. The number of carboxylic acids is 1. The average Bonchev–Trinajstić information content (AvgIpc) is 2.55. The van der Waals surface area contributed by atoms with Gasteiger partial charge in [0.1, 0.15) is 6.04 Å². The summed E-state index contributed by atoms with van der Waals surface area (Å²) in [5.41, 5.74) is 0.813. The van der Waals surface area contributed by atoms with Gasteiger partial charge >= 0.3 is 5.97 Å². The molecule has 0 aliphatic heterocycles. The maximum absolute atomic E-state index is 12.2. The van der Waals surface area contributed by atoms with Gasteiger partial charge in [0.25, 0.3) is 5.91 Å². The standard InChI is InChI=1S/C19H28N2O4/c1-5-6-7-15(17(23)24)21-16(22)14-10-8-13(9-11-14)12-20-18(25)19(2,3)4/h8-11,15H,5-7,12H2,1-4H3,(H,20,25)(H,21,22)(H,23,24)/t15-/m0/s1. The lowest BCUT2D eigenvalue weighted by atomic mass is 9.95. The molecule has 0 aromatic heterocycles. The Labute approximate surface area is 149 Å². The number of aliphatic carboxylic acids is 1. The first-order valence-electron chi connectivity index (χ1n) is 8.56. The first-order valence-corrected chi connectivity index (χ1v) is 8.56. The second-order valence-corrected chi connectivity index (χ2v) is 7.14. The largest absolute Gasteiger partial charge is 0.480 e. The van der Waals surface area contributed by atoms with Gasteiger partial charge in [-0.25, -0.2) is 4.79 Å². The van der Waals surface area contributed by atoms with Crippen LogP contribution in [0.15, 0.2) is 24.3 Å². The van der Waals surface area contributed by atoms with Gasteiger partial charge < -0.3 is 15.7 Å². The molecule has 1 atom stereocenters. The molecule has 0 aliphatic rings. The highest BCUT2D eigenvalue weighted by molar-refractivity contribution is 5.96. The Hall–Kier alpha value is -2.37. The smallest absolute Gasteiger partial charge is 0.326 e. The van der Waals surface area contributed by atoms with Crippen molar-refractivity contribution in [3.63, 3.8) is 0 Å². The Balaban J connectivity index is 2.64. The molecule has 0 bridgehead atoms. The lowest BCUT2D eigenvalue weighted by Gasteiger charge is -2.17. The number of hydrogen-bond acceptors (Lipinski definition) is 3.